The van der Waals surface area contributed by atoms with E-state index < -0.39 is 12.0 Å². The zero-order chi connectivity index (χ0) is 21.9. The van der Waals surface area contributed by atoms with E-state index in [0.29, 0.717) is 0 Å². The van der Waals surface area contributed by atoms with Gasteiger partial charge >= 0.3 is 5.97 Å². The minimum absolute atomic E-state index is 0.0119. The molecule has 2 N–H and O–H groups in total. The van der Waals surface area contributed by atoms with Gasteiger partial charge in [0, 0.05) is 24.8 Å². The molecule has 1 aliphatic heterocycles. The smallest absolute Gasteiger partial charge is 0.339 e. The molecule has 0 aliphatic carbocycles. The van der Waals surface area contributed by atoms with Crippen molar-refractivity contribution < 1.29 is 19.7 Å². The van der Waals surface area contributed by atoms with Crippen LogP contribution in [0.5, 0.6) is 11.5 Å². The van der Waals surface area contributed by atoms with Crippen molar-refractivity contribution in [3.63, 3.8) is 0 Å². The lowest BCUT2D eigenvalue weighted by atomic mass is 9.83. The van der Waals surface area contributed by atoms with Gasteiger partial charge in [-0.25, -0.2) is 4.79 Å². The van der Waals surface area contributed by atoms with E-state index in [-0.39, 0.29) is 29.1 Å². The number of aromatic carboxylic acids is 1. The highest BCUT2D eigenvalue weighted by Gasteiger charge is 2.25. The maximum atomic E-state index is 11.6. The Morgan fingerprint density at radius 3 is 2.43 bits per heavy atom. The molecule has 1 atom stereocenters. The summed E-state index contributed by atoms with van der Waals surface area (Å²) in [5, 5.41) is 22.1. The van der Waals surface area contributed by atoms with Crippen LogP contribution in [-0.2, 0) is 5.41 Å². The number of hydrogen-bond donors (Lipinski definition) is 2. The van der Waals surface area contributed by atoms with E-state index in [0.717, 1.165) is 18.7 Å². The van der Waals surface area contributed by atoms with Crippen LogP contribution in [0.1, 0.15) is 61.1 Å². The Bertz CT molecular complexity index is 930. The first-order valence-corrected chi connectivity index (χ1v) is 10.1. The summed E-state index contributed by atoms with van der Waals surface area (Å²) >= 11 is 0. The molecule has 1 aliphatic rings. The summed E-state index contributed by atoms with van der Waals surface area (Å²) < 4.78 is 5.63. The predicted octanol–water partition coefficient (Wildman–Crippen LogP) is 4.87. The number of nitroso groups, excluding NO2 is 1. The lowest BCUT2D eigenvalue weighted by Gasteiger charge is -2.29. The molecular formula is C23H28N2O5. The SMILES string of the molecule is CC(C)(C)c1cc(C(COc2ccc(C(=O)O)c(O)c2)N=O)ccc1N1CCCC1. The first kappa shape index (κ1) is 21.6. The van der Waals surface area contributed by atoms with Crippen LogP contribution in [0.25, 0.3) is 0 Å². The van der Waals surface area contributed by atoms with Gasteiger partial charge in [-0.15, -0.1) is 0 Å². The monoisotopic (exact) mass is 412 g/mol. The van der Waals surface area contributed by atoms with Crippen LogP contribution in [0, 0.1) is 4.91 Å². The summed E-state index contributed by atoms with van der Waals surface area (Å²) in [6.45, 7) is 8.52. The summed E-state index contributed by atoms with van der Waals surface area (Å²) in [4.78, 5) is 25.0. The Labute approximate surface area is 176 Å². The minimum atomic E-state index is -1.22. The van der Waals surface area contributed by atoms with Gasteiger partial charge in [-0.3, -0.25) is 0 Å². The van der Waals surface area contributed by atoms with Gasteiger partial charge in [-0.05, 0) is 47.6 Å². The predicted molar refractivity (Wildman–Crippen MR) is 116 cm³/mol. The number of anilines is 1. The molecular weight excluding hydrogens is 384 g/mol. The van der Waals surface area contributed by atoms with E-state index in [1.54, 1.807) is 0 Å². The molecule has 3 rings (SSSR count). The van der Waals surface area contributed by atoms with Crippen molar-refractivity contribution in [1.29, 1.82) is 0 Å². The molecule has 1 saturated heterocycles. The summed E-state index contributed by atoms with van der Waals surface area (Å²) in [5.41, 5.74) is 2.83. The second-order valence-corrected chi connectivity index (χ2v) is 8.64. The number of benzene rings is 2. The van der Waals surface area contributed by atoms with Gasteiger partial charge < -0.3 is 19.8 Å². The van der Waals surface area contributed by atoms with Gasteiger partial charge in [-0.2, -0.15) is 4.91 Å². The summed E-state index contributed by atoms with van der Waals surface area (Å²) in [6.07, 6.45) is 2.37. The molecule has 1 unspecified atom stereocenters. The highest BCUT2D eigenvalue weighted by molar-refractivity contribution is 5.90. The lowest BCUT2D eigenvalue weighted by Crippen LogP contribution is -2.24. The molecule has 1 fully saturated rings. The molecule has 0 radical (unpaired) electrons. The second kappa shape index (κ2) is 8.73. The van der Waals surface area contributed by atoms with Gasteiger partial charge in [-0.1, -0.05) is 38.1 Å². The van der Waals surface area contributed by atoms with E-state index in [4.69, 9.17) is 9.84 Å². The van der Waals surface area contributed by atoms with Crippen molar-refractivity contribution in [2.75, 3.05) is 24.6 Å². The molecule has 0 spiro atoms. The summed E-state index contributed by atoms with van der Waals surface area (Å²) in [7, 11) is 0. The standard InChI is InChI=1S/C23H28N2O5/c1-23(2,3)18-12-15(6-9-20(18)25-10-4-5-11-25)19(24-29)14-30-16-7-8-17(22(27)28)21(26)13-16/h6-9,12-13,19,26H,4-5,10-11,14H2,1-3H3,(H,27,28). The number of ether oxygens (including phenoxy) is 1. The average Bonchev–Trinajstić information content (AvgIpc) is 3.22. The third kappa shape index (κ3) is 4.72. The molecule has 0 amide bonds. The second-order valence-electron chi connectivity index (χ2n) is 8.64. The Morgan fingerprint density at radius 2 is 1.87 bits per heavy atom. The van der Waals surface area contributed by atoms with Gasteiger partial charge in [0.1, 0.15) is 23.7 Å². The van der Waals surface area contributed by atoms with Crippen molar-refractivity contribution in [2.45, 2.75) is 45.1 Å². The van der Waals surface area contributed by atoms with Crippen molar-refractivity contribution in [2.24, 2.45) is 5.18 Å². The Morgan fingerprint density at radius 1 is 1.17 bits per heavy atom. The van der Waals surface area contributed by atoms with E-state index in [9.17, 15) is 14.8 Å². The quantitative estimate of drug-likeness (QED) is 0.629. The molecule has 0 aromatic heterocycles. The molecule has 2 aromatic rings. The number of hydrogen-bond acceptors (Lipinski definition) is 6. The third-order valence-corrected chi connectivity index (χ3v) is 5.39. The Balaban J connectivity index is 1.81. The van der Waals surface area contributed by atoms with Crippen molar-refractivity contribution in [3.8, 4) is 11.5 Å². The molecule has 0 saturated carbocycles. The first-order chi connectivity index (χ1) is 14.2. The number of aromatic hydroxyl groups is 1. The fourth-order valence-electron chi connectivity index (χ4n) is 3.74. The third-order valence-electron chi connectivity index (χ3n) is 5.39. The van der Waals surface area contributed by atoms with Crippen LogP contribution >= 0.6 is 0 Å². The van der Waals surface area contributed by atoms with Gasteiger partial charge in [0.25, 0.3) is 0 Å². The van der Waals surface area contributed by atoms with Crippen LogP contribution in [0.4, 0.5) is 5.69 Å². The zero-order valence-electron chi connectivity index (χ0n) is 17.6. The summed E-state index contributed by atoms with van der Waals surface area (Å²) in [6, 6.07) is 9.23. The van der Waals surface area contributed by atoms with Crippen molar-refractivity contribution in [1.82, 2.24) is 0 Å². The molecule has 7 heteroatoms. The fourth-order valence-corrected chi connectivity index (χ4v) is 3.74. The van der Waals surface area contributed by atoms with Crippen LogP contribution in [0.3, 0.4) is 0 Å². The number of phenols is 1. The fraction of sp³-hybridized carbons (Fsp3) is 0.435. The van der Waals surface area contributed by atoms with Crippen LogP contribution < -0.4 is 9.64 Å². The normalized spacial score (nSPS) is 15.1. The van der Waals surface area contributed by atoms with Gasteiger partial charge in [0.05, 0.1) is 0 Å². The maximum absolute atomic E-state index is 11.6. The van der Waals surface area contributed by atoms with Crippen LogP contribution in [0.15, 0.2) is 41.6 Å². The Kier molecular flexibility index (Phi) is 6.29. The zero-order valence-corrected chi connectivity index (χ0v) is 17.6. The molecule has 1 heterocycles. The van der Waals surface area contributed by atoms with Crippen molar-refractivity contribution >= 4 is 11.7 Å². The van der Waals surface area contributed by atoms with Gasteiger partial charge in [0.2, 0.25) is 0 Å². The van der Waals surface area contributed by atoms with Gasteiger partial charge in [0.15, 0.2) is 6.04 Å². The van der Waals surface area contributed by atoms with E-state index >= 15 is 0 Å². The number of carboxylic acids is 1. The maximum Gasteiger partial charge on any atom is 0.339 e. The topological polar surface area (TPSA) is 99.4 Å². The Hall–Kier alpha value is -3.09. The number of rotatable bonds is 7. The number of carbonyl (C=O) groups is 1. The van der Waals surface area contributed by atoms with Crippen molar-refractivity contribution in [3.05, 3.63) is 58.0 Å². The summed E-state index contributed by atoms with van der Waals surface area (Å²) in [5.74, 6) is -1.34. The molecule has 0 bridgehead atoms. The molecule has 7 nitrogen and oxygen atoms in total. The van der Waals surface area contributed by atoms with E-state index in [1.165, 1.54) is 42.3 Å². The molecule has 30 heavy (non-hydrogen) atoms. The first-order valence-electron chi connectivity index (χ1n) is 10.1. The van der Waals surface area contributed by atoms with E-state index in [2.05, 4.69) is 36.9 Å². The highest BCUT2D eigenvalue weighted by Crippen LogP contribution is 2.36. The minimum Gasteiger partial charge on any atom is -0.507 e. The number of carboxylic acid groups (broad SMARTS) is 1. The van der Waals surface area contributed by atoms with E-state index in [1.807, 2.05) is 12.1 Å². The lowest BCUT2D eigenvalue weighted by molar-refractivity contribution is 0.0693. The highest BCUT2D eigenvalue weighted by atomic mass is 16.5. The van der Waals surface area contributed by atoms with Crippen LogP contribution in [0.2, 0.25) is 0 Å². The average molecular weight is 412 g/mol. The number of nitrogens with zero attached hydrogens (tertiary/aromatic N) is 2. The molecule has 2 aromatic carbocycles. The van der Waals surface area contributed by atoms with Crippen LogP contribution in [-0.4, -0.2) is 35.9 Å². The molecule has 160 valence electrons. The largest absolute Gasteiger partial charge is 0.507 e.